The van der Waals surface area contributed by atoms with E-state index in [9.17, 15) is 9.59 Å². The molecule has 0 aliphatic rings. The van der Waals surface area contributed by atoms with Crippen LogP contribution in [0.4, 0.5) is 0 Å². The Morgan fingerprint density at radius 3 is 2.37 bits per heavy atom. The zero-order chi connectivity index (χ0) is 20.0. The fourth-order valence-corrected chi connectivity index (χ4v) is 3.38. The lowest BCUT2D eigenvalue weighted by Gasteiger charge is -2.34. The van der Waals surface area contributed by atoms with Gasteiger partial charge >= 0.3 is 0 Å². The second-order valence-corrected chi connectivity index (χ2v) is 7.15. The zero-order valence-corrected chi connectivity index (χ0v) is 17.2. The van der Waals surface area contributed by atoms with Crippen LogP contribution in [-0.2, 0) is 22.6 Å². The minimum atomic E-state index is -0.0616. The molecule has 1 aromatic carbocycles. The number of nitrogens with one attached hydrogen (secondary N) is 1. The first kappa shape index (κ1) is 20.9. The van der Waals surface area contributed by atoms with Crippen molar-refractivity contribution in [2.45, 2.75) is 72.5 Å². The van der Waals surface area contributed by atoms with Gasteiger partial charge < -0.3 is 14.8 Å². The minimum Gasteiger partial charge on any atom is -0.356 e. The molecule has 0 aliphatic carbocycles. The van der Waals surface area contributed by atoms with E-state index in [0.717, 1.165) is 29.7 Å². The average molecular weight is 373 g/mol. The van der Waals surface area contributed by atoms with Gasteiger partial charge in [0.2, 0.25) is 11.8 Å². The molecule has 0 saturated heterocycles. The summed E-state index contributed by atoms with van der Waals surface area (Å²) in [7, 11) is 0. The van der Waals surface area contributed by atoms with E-state index in [4.69, 9.17) is 4.98 Å². The molecule has 0 fully saturated rings. The summed E-state index contributed by atoms with van der Waals surface area (Å²) in [4.78, 5) is 31.1. The second kappa shape index (κ2) is 9.53. The highest BCUT2D eigenvalue weighted by atomic mass is 16.2. The van der Waals surface area contributed by atoms with E-state index in [-0.39, 0.29) is 30.4 Å². The zero-order valence-electron chi connectivity index (χ0n) is 17.2. The Morgan fingerprint density at radius 2 is 1.78 bits per heavy atom. The van der Waals surface area contributed by atoms with Crippen LogP contribution in [-0.4, -0.2) is 44.9 Å². The van der Waals surface area contributed by atoms with Gasteiger partial charge in [0.1, 0.15) is 12.4 Å². The summed E-state index contributed by atoms with van der Waals surface area (Å²) in [6, 6.07) is 8.26. The molecule has 0 bridgehead atoms. The molecule has 2 atom stereocenters. The van der Waals surface area contributed by atoms with Gasteiger partial charge in [-0.15, -0.1) is 0 Å². The summed E-state index contributed by atoms with van der Waals surface area (Å²) in [5.74, 6) is 0.877. The molecule has 27 heavy (non-hydrogen) atoms. The molecule has 0 saturated carbocycles. The van der Waals surface area contributed by atoms with E-state index in [2.05, 4.69) is 33.0 Å². The maximum absolute atomic E-state index is 13.2. The minimum absolute atomic E-state index is 0.0616. The van der Waals surface area contributed by atoms with Crippen LogP contribution in [0.25, 0.3) is 11.0 Å². The molecule has 2 rings (SSSR count). The Labute approximate surface area is 161 Å². The van der Waals surface area contributed by atoms with E-state index < -0.39 is 0 Å². The summed E-state index contributed by atoms with van der Waals surface area (Å²) < 4.78 is 2.00. The molecule has 1 heterocycles. The van der Waals surface area contributed by atoms with E-state index in [1.54, 1.807) is 0 Å². The van der Waals surface area contributed by atoms with Gasteiger partial charge in [0, 0.05) is 32.0 Å². The van der Waals surface area contributed by atoms with Crippen molar-refractivity contribution in [2.24, 2.45) is 0 Å². The summed E-state index contributed by atoms with van der Waals surface area (Å²) in [5.41, 5.74) is 1.83. The number of carbonyl (C=O) groups excluding carboxylic acids is 2. The fraction of sp³-hybridized carbons (Fsp3) is 0.571. The molecule has 0 radical (unpaired) electrons. The Balaban J connectivity index is 2.32. The second-order valence-electron chi connectivity index (χ2n) is 7.15. The molecule has 2 aromatic rings. The molecule has 2 amide bonds. The Hall–Kier alpha value is -2.37. The van der Waals surface area contributed by atoms with Crippen molar-refractivity contribution < 1.29 is 9.59 Å². The fourth-order valence-electron chi connectivity index (χ4n) is 3.38. The number of rotatable bonds is 9. The molecular weight excluding hydrogens is 340 g/mol. The van der Waals surface area contributed by atoms with Crippen LogP contribution in [0.15, 0.2) is 24.3 Å². The van der Waals surface area contributed by atoms with E-state index in [0.29, 0.717) is 13.0 Å². The highest BCUT2D eigenvalue weighted by Gasteiger charge is 2.25. The molecule has 6 nitrogen and oxygen atoms in total. The lowest BCUT2D eigenvalue weighted by Crippen LogP contribution is -2.46. The number of hydrogen-bond acceptors (Lipinski definition) is 3. The predicted molar refractivity (Wildman–Crippen MR) is 108 cm³/mol. The number of benzene rings is 1. The quantitative estimate of drug-likeness (QED) is 0.735. The highest BCUT2D eigenvalue weighted by Crippen LogP contribution is 2.19. The van der Waals surface area contributed by atoms with Crippen LogP contribution < -0.4 is 5.32 Å². The third kappa shape index (κ3) is 5.08. The summed E-state index contributed by atoms with van der Waals surface area (Å²) in [5, 5.41) is 2.81. The van der Waals surface area contributed by atoms with Crippen LogP contribution in [0.3, 0.4) is 0 Å². The topological polar surface area (TPSA) is 67.2 Å². The standard InChI is InChI=1S/C21H32N4O2/c1-6-15(3)25(16(4)7-2)21(27)14-24-19-11-9-8-10-18(19)23-20(24)12-13-22-17(5)26/h8-11,15-16H,6-7,12-14H2,1-5H3,(H,22,26). The van der Waals surface area contributed by atoms with Crippen molar-refractivity contribution in [2.75, 3.05) is 6.54 Å². The van der Waals surface area contributed by atoms with Crippen molar-refractivity contribution >= 4 is 22.8 Å². The predicted octanol–water partition coefficient (Wildman–Crippen LogP) is 3.14. The van der Waals surface area contributed by atoms with Gasteiger partial charge in [-0.1, -0.05) is 26.0 Å². The molecule has 1 aromatic heterocycles. The van der Waals surface area contributed by atoms with Gasteiger partial charge in [-0.25, -0.2) is 4.98 Å². The first-order chi connectivity index (χ1) is 12.9. The maximum atomic E-state index is 13.2. The lowest BCUT2D eigenvalue weighted by molar-refractivity contribution is -0.136. The molecule has 0 spiro atoms. The monoisotopic (exact) mass is 372 g/mol. The Morgan fingerprint density at radius 1 is 1.15 bits per heavy atom. The first-order valence-electron chi connectivity index (χ1n) is 9.88. The van der Waals surface area contributed by atoms with Crippen LogP contribution in [0, 0.1) is 0 Å². The van der Waals surface area contributed by atoms with Crippen LogP contribution >= 0.6 is 0 Å². The Bertz CT molecular complexity index is 774. The van der Waals surface area contributed by atoms with E-state index in [1.807, 2.05) is 33.7 Å². The van der Waals surface area contributed by atoms with Crippen molar-refractivity contribution in [1.29, 1.82) is 0 Å². The normalized spacial score (nSPS) is 13.4. The molecule has 1 N–H and O–H groups in total. The van der Waals surface area contributed by atoms with Crippen molar-refractivity contribution in [3.63, 3.8) is 0 Å². The Kier molecular flexibility index (Phi) is 7.39. The van der Waals surface area contributed by atoms with Crippen LogP contribution in [0.1, 0.15) is 53.3 Å². The molecule has 6 heteroatoms. The number of nitrogens with zero attached hydrogens (tertiary/aromatic N) is 3. The lowest BCUT2D eigenvalue weighted by atomic mass is 10.1. The van der Waals surface area contributed by atoms with Gasteiger partial charge in [-0.2, -0.15) is 0 Å². The largest absolute Gasteiger partial charge is 0.356 e. The van der Waals surface area contributed by atoms with Gasteiger partial charge in [0.25, 0.3) is 0 Å². The number of carbonyl (C=O) groups is 2. The number of fused-ring (bicyclic) bond motifs is 1. The van der Waals surface area contributed by atoms with Gasteiger partial charge in [-0.05, 0) is 38.8 Å². The number of amides is 2. The molecule has 148 valence electrons. The van der Waals surface area contributed by atoms with E-state index in [1.165, 1.54) is 6.92 Å². The first-order valence-corrected chi connectivity index (χ1v) is 9.88. The number of hydrogen-bond donors (Lipinski definition) is 1. The van der Waals surface area contributed by atoms with Gasteiger partial charge in [-0.3, -0.25) is 9.59 Å². The highest BCUT2D eigenvalue weighted by molar-refractivity contribution is 5.81. The smallest absolute Gasteiger partial charge is 0.243 e. The summed E-state index contributed by atoms with van der Waals surface area (Å²) >= 11 is 0. The van der Waals surface area contributed by atoms with Crippen LogP contribution in [0.5, 0.6) is 0 Å². The van der Waals surface area contributed by atoms with Crippen molar-refractivity contribution in [1.82, 2.24) is 19.8 Å². The third-order valence-corrected chi connectivity index (χ3v) is 5.17. The number of imidazole rings is 1. The van der Waals surface area contributed by atoms with Gasteiger partial charge in [0.15, 0.2) is 0 Å². The van der Waals surface area contributed by atoms with E-state index >= 15 is 0 Å². The molecular formula is C21H32N4O2. The average Bonchev–Trinajstić information content (AvgIpc) is 2.98. The third-order valence-electron chi connectivity index (χ3n) is 5.17. The summed E-state index contributed by atoms with van der Waals surface area (Å²) in [6.45, 7) is 10.7. The molecule has 0 aliphatic heterocycles. The SMILES string of the molecule is CCC(C)N(C(=O)Cn1c(CCNC(C)=O)nc2ccccc21)C(C)CC. The van der Waals surface area contributed by atoms with Crippen LogP contribution in [0.2, 0.25) is 0 Å². The maximum Gasteiger partial charge on any atom is 0.243 e. The summed E-state index contributed by atoms with van der Waals surface area (Å²) in [6.07, 6.45) is 2.44. The van der Waals surface area contributed by atoms with Crippen molar-refractivity contribution in [3.05, 3.63) is 30.1 Å². The van der Waals surface area contributed by atoms with Gasteiger partial charge in [0.05, 0.1) is 11.0 Å². The number of para-hydroxylation sites is 2. The number of aromatic nitrogens is 2. The molecule has 2 unspecified atom stereocenters. The van der Waals surface area contributed by atoms with Crippen molar-refractivity contribution in [3.8, 4) is 0 Å².